The molecule has 0 N–H and O–H groups in total. The predicted molar refractivity (Wildman–Crippen MR) is 76.9 cm³/mol. The Hall–Kier alpha value is -1.09. The summed E-state index contributed by atoms with van der Waals surface area (Å²) in [5.41, 5.74) is 0.725. The highest BCUT2D eigenvalue weighted by molar-refractivity contribution is 5.89. The van der Waals surface area contributed by atoms with Crippen molar-refractivity contribution in [1.82, 2.24) is 0 Å². The molecule has 3 heteroatoms. The van der Waals surface area contributed by atoms with Crippen LogP contribution in [-0.2, 0) is 14.3 Å². The van der Waals surface area contributed by atoms with Crippen LogP contribution < -0.4 is 0 Å². The first-order valence-corrected chi connectivity index (χ1v) is 7.68. The van der Waals surface area contributed by atoms with Crippen molar-refractivity contribution in [2.45, 2.75) is 38.5 Å². The SMILES string of the molecule is C=CCOCOC(=O)C(=C)C12CC3CC(CC(C3)C1)C2. The fourth-order valence-electron chi connectivity index (χ4n) is 5.01. The van der Waals surface area contributed by atoms with Gasteiger partial charge in [0.05, 0.1) is 6.61 Å². The molecule has 0 spiro atoms. The molecule has 110 valence electrons. The fraction of sp³-hybridized carbons (Fsp3) is 0.706. The van der Waals surface area contributed by atoms with E-state index in [1.807, 2.05) is 0 Å². The van der Waals surface area contributed by atoms with E-state index in [-0.39, 0.29) is 18.2 Å². The molecule has 20 heavy (non-hydrogen) atoms. The molecular formula is C17H24O3. The van der Waals surface area contributed by atoms with Crippen molar-refractivity contribution in [3.05, 3.63) is 24.8 Å². The summed E-state index contributed by atoms with van der Waals surface area (Å²) in [6, 6.07) is 0. The lowest BCUT2D eigenvalue weighted by molar-refractivity contribution is -0.154. The lowest BCUT2D eigenvalue weighted by atomic mass is 9.48. The minimum absolute atomic E-state index is 0.00373. The van der Waals surface area contributed by atoms with E-state index in [1.165, 1.54) is 19.3 Å². The quantitative estimate of drug-likeness (QED) is 0.245. The topological polar surface area (TPSA) is 35.5 Å². The number of esters is 1. The minimum Gasteiger partial charge on any atom is -0.435 e. The van der Waals surface area contributed by atoms with Crippen LogP contribution in [0.2, 0.25) is 0 Å². The molecule has 0 aromatic heterocycles. The molecule has 4 aliphatic rings. The molecule has 4 saturated carbocycles. The smallest absolute Gasteiger partial charge is 0.336 e. The van der Waals surface area contributed by atoms with E-state index in [1.54, 1.807) is 6.08 Å². The summed E-state index contributed by atoms with van der Waals surface area (Å²) in [6.45, 7) is 8.05. The Morgan fingerprint density at radius 2 is 1.70 bits per heavy atom. The second-order valence-corrected chi connectivity index (χ2v) is 6.89. The maximum absolute atomic E-state index is 12.2. The Bertz CT molecular complexity index is 389. The van der Waals surface area contributed by atoms with Gasteiger partial charge in [0.25, 0.3) is 0 Å². The third-order valence-corrected chi connectivity index (χ3v) is 5.43. The summed E-state index contributed by atoms with van der Waals surface area (Å²) in [5.74, 6) is 2.16. The number of ether oxygens (including phenoxy) is 2. The second kappa shape index (κ2) is 5.36. The molecule has 4 fully saturated rings. The third-order valence-electron chi connectivity index (χ3n) is 5.43. The van der Waals surface area contributed by atoms with Gasteiger partial charge in [0.1, 0.15) is 0 Å². The van der Waals surface area contributed by atoms with Crippen molar-refractivity contribution in [1.29, 1.82) is 0 Å². The number of rotatable bonds is 6. The first-order chi connectivity index (χ1) is 9.63. The second-order valence-electron chi connectivity index (χ2n) is 6.89. The van der Waals surface area contributed by atoms with Gasteiger partial charge < -0.3 is 9.47 Å². The highest BCUT2D eigenvalue weighted by Crippen LogP contribution is 2.62. The molecule has 0 radical (unpaired) electrons. The van der Waals surface area contributed by atoms with Gasteiger partial charge in [0, 0.05) is 11.0 Å². The van der Waals surface area contributed by atoms with Crippen molar-refractivity contribution >= 4 is 5.97 Å². The van der Waals surface area contributed by atoms with Crippen molar-refractivity contribution in [2.24, 2.45) is 23.2 Å². The summed E-state index contributed by atoms with van der Waals surface area (Å²) in [4.78, 5) is 12.2. The highest BCUT2D eigenvalue weighted by atomic mass is 16.7. The Kier molecular flexibility index (Phi) is 3.72. The summed E-state index contributed by atoms with van der Waals surface area (Å²) in [7, 11) is 0. The number of hydrogen-bond donors (Lipinski definition) is 0. The van der Waals surface area contributed by atoms with E-state index in [0.29, 0.717) is 12.2 Å². The lowest BCUT2D eigenvalue weighted by Crippen LogP contribution is -2.48. The molecule has 0 heterocycles. The maximum Gasteiger partial charge on any atom is 0.336 e. The summed E-state index contributed by atoms with van der Waals surface area (Å²) in [5, 5.41) is 0. The van der Waals surface area contributed by atoms with Crippen molar-refractivity contribution in [3.8, 4) is 0 Å². The van der Waals surface area contributed by atoms with E-state index in [2.05, 4.69) is 13.2 Å². The molecule has 0 amide bonds. The summed E-state index contributed by atoms with van der Waals surface area (Å²) in [6.07, 6.45) is 9.15. The molecule has 0 aliphatic heterocycles. The van der Waals surface area contributed by atoms with Crippen molar-refractivity contribution in [3.63, 3.8) is 0 Å². The van der Waals surface area contributed by atoms with Gasteiger partial charge in [-0.25, -0.2) is 4.79 Å². The van der Waals surface area contributed by atoms with E-state index in [4.69, 9.17) is 9.47 Å². The van der Waals surface area contributed by atoms with Crippen molar-refractivity contribution in [2.75, 3.05) is 13.4 Å². The van der Waals surface area contributed by atoms with Crippen LogP contribution >= 0.6 is 0 Å². The van der Waals surface area contributed by atoms with E-state index in [0.717, 1.165) is 37.0 Å². The Labute approximate surface area is 121 Å². The number of carbonyl (C=O) groups excluding carboxylic acids is 1. The Morgan fingerprint density at radius 1 is 1.15 bits per heavy atom. The van der Waals surface area contributed by atoms with Crippen LogP contribution in [0.25, 0.3) is 0 Å². The molecule has 4 rings (SSSR count). The molecule has 0 aromatic rings. The van der Waals surface area contributed by atoms with Crippen LogP contribution in [0.15, 0.2) is 24.8 Å². The van der Waals surface area contributed by atoms with Gasteiger partial charge in [0.15, 0.2) is 6.79 Å². The van der Waals surface area contributed by atoms with Crippen molar-refractivity contribution < 1.29 is 14.3 Å². The van der Waals surface area contributed by atoms with Crippen LogP contribution in [0.3, 0.4) is 0 Å². The zero-order valence-corrected chi connectivity index (χ0v) is 12.1. The van der Waals surface area contributed by atoms with Crippen LogP contribution in [0, 0.1) is 23.2 Å². The van der Waals surface area contributed by atoms with Crippen LogP contribution in [0.4, 0.5) is 0 Å². The summed E-state index contributed by atoms with van der Waals surface area (Å²) < 4.78 is 10.3. The van der Waals surface area contributed by atoms with Crippen LogP contribution in [0.1, 0.15) is 38.5 Å². The zero-order chi connectivity index (χ0) is 14.2. The predicted octanol–water partition coefficient (Wildman–Crippen LogP) is 3.46. The minimum atomic E-state index is -0.268. The van der Waals surface area contributed by atoms with Gasteiger partial charge in [-0.2, -0.15) is 0 Å². The molecular weight excluding hydrogens is 252 g/mol. The molecule has 4 bridgehead atoms. The van der Waals surface area contributed by atoms with E-state index >= 15 is 0 Å². The normalized spacial score (nSPS) is 37.7. The average molecular weight is 276 g/mol. The molecule has 3 nitrogen and oxygen atoms in total. The standard InChI is InChI=1S/C17H24O3/c1-3-4-19-11-20-16(18)12(2)17-8-13-5-14(9-17)7-15(6-13)10-17/h3,13-15H,1-2,4-11H2. The Morgan fingerprint density at radius 3 is 2.20 bits per heavy atom. The maximum atomic E-state index is 12.2. The first-order valence-electron chi connectivity index (χ1n) is 7.68. The Balaban J connectivity index is 1.61. The van der Waals surface area contributed by atoms with Gasteiger partial charge in [-0.15, -0.1) is 6.58 Å². The van der Waals surface area contributed by atoms with E-state index in [9.17, 15) is 4.79 Å². The highest BCUT2D eigenvalue weighted by Gasteiger charge is 2.53. The fourth-order valence-corrected chi connectivity index (χ4v) is 5.01. The molecule has 0 unspecified atom stereocenters. The largest absolute Gasteiger partial charge is 0.435 e. The zero-order valence-electron chi connectivity index (χ0n) is 12.1. The number of carbonyl (C=O) groups is 1. The monoisotopic (exact) mass is 276 g/mol. The average Bonchev–Trinajstić information content (AvgIpc) is 2.41. The molecule has 0 atom stereocenters. The molecule has 0 saturated heterocycles. The van der Waals surface area contributed by atoms with Crippen LogP contribution in [-0.4, -0.2) is 19.4 Å². The van der Waals surface area contributed by atoms with Crippen LogP contribution in [0.5, 0.6) is 0 Å². The number of hydrogen-bond acceptors (Lipinski definition) is 3. The lowest BCUT2D eigenvalue weighted by Gasteiger charge is -2.57. The van der Waals surface area contributed by atoms with E-state index < -0.39 is 0 Å². The molecule has 0 aromatic carbocycles. The molecule has 4 aliphatic carbocycles. The summed E-state index contributed by atoms with van der Waals surface area (Å²) >= 11 is 0. The van der Waals surface area contributed by atoms with Gasteiger partial charge in [-0.1, -0.05) is 12.7 Å². The van der Waals surface area contributed by atoms with Gasteiger partial charge >= 0.3 is 5.97 Å². The first kappa shape index (κ1) is 13.9. The van der Waals surface area contributed by atoms with Gasteiger partial charge in [-0.05, 0) is 56.3 Å². The van der Waals surface area contributed by atoms with Gasteiger partial charge in [-0.3, -0.25) is 0 Å². The third kappa shape index (κ3) is 2.44. The van der Waals surface area contributed by atoms with Gasteiger partial charge in [0.2, 0.25) is 0 Å².